The predicted octanol–water partition coefficient (Wildman–Crippen LogP) is 2.16. The number of aromatic nitrogens is 1. The number of carbonyl (C=O) groups is 2. The minimum atomic E-state index is -0.531. The zero-order valence-corrected chi connectivity index (χ0v) is 15.0. The molecule has 4 rings (SSSR count). The molecule has 2 aliphatic heterocycles. The highest BCUT2D eigenvalue weighted by Gasteiger charge is 2.43. The third-order valence-electron chi connectivity index (χ3n) is 5.17. The fourth-order valence-corrected chi connectivity index (χ4v) is 3.64. The number of halogens is 1. The normalized spacial score (nSPS) is 19.6. The molecule has 0 aliphatic carbocycles. The number of rotatable bonds is 2. The molecule has 1 aromatic heterocycles. The highest BCUT2D eigenvalue weighted by molar-refractivity contribution is 5.95. The number of nitrogens with zero attached hydrogens (tertiary/aromatic N) is 3. The molecule has 0 unspecified atom stereocenters. The molecule has 1 spiro atoms. The van der Waals surface area contributed by atoms with E-state index in [4.69, 9.17) is 9.15 Å². The zero-order chi connectivity index (χ0) is 19.0. The Kier molecular flexibility index (Phi) is 4.43. The molecule has 2 aliphatic rings. The summed E-state index contributed by atoms with van der Waals surface area (Å²) in [5.74, 6) is -0.297. The first-order valence-electron chi connectivity index (χ1n) is 8.87. The van der Waals surface area contributed by atoms with Crippen molar-refractivity contribution in [3.8, 4) is 0 Å². The van der Waals surface area contributed by atoms with E-state index >= 15 is 0 Å². The molecule has 8 heteroatoms. The van der Waals surface area contributed by atoms with E-state index in [1.165, 1.54) is 18.4 Å². The number of anilines is 1. The van der Waals surface area contributed by atoms with Crippen LogP contribution in [0.25, 0.3) is 0 Å². The molecule has 2 saturated heterocycles. The second-order valence-corrected chi connectivity index (χ2v) is 6.98. The Morgan fingerprint density at radius 2 is 2.07 bits per heavy atom. The maximum absolute atomic E-state index is 13.6. The Hall–Kier alpha value is -2.74. The first-order chi connectivity index (χ1) is 13.0. The molecule has 3 heterocycles. The SMILES string of the molecule is Cc1nc(C(=O)N2CCC3(CC2)CN(c2cccc(F)c2)C(=O)CO3)co1. The molecule has 0 atom stereocenters. The van der Waals surface area contributed by atoms with Crippen molar-refractivity contribution in [1.29, 1.82) is 0 Å². The molecule has 27 heavy (non-hydrogen) atoms. The van der Waals surface area contributed by atoms with Crippen molar-refractivity contribution >= 4 is 17.5 Å². The Bertz CT molecular complexity index is 873. The van der Waals surface area contributed by atoms with Gasteiger partial charge < -0.3 is 19.0 Å². The van der Waals surface area contributed by atoms with E-state index in [1.807, 2.05) is 0 Å². The molecule has 0 saturated carbocycles. The number of oxazole rings is 1. The van der Waals surface area contributed by atoms with E-state index < -0.39 is 5.60 Å². The average molecular weight is 373 g/mol. The number of hydrogen-bond acceptors (Lipinski definition) is 5. The summed E-state index contributed by atoms with van der Waals surface area (Å²) in [7, 11) is 0. The van der Waals surface area contributed by atoms with Crippen LogP contribution in [0.1, 0.15) is 29.2 Å². The predicted molar refractivity (Wildman–Crippen MR) is 93.8 cm³/mol. The fourth-order valence-electron chi connectivity index (χ4n) is 3.64. The van der Waals surface area contributed by atoms with Crippen LogP contribution in [0.15, 0.2) is 34.9 Å². The summed E-state index contributed by atoms with van der Waals surface area (Å²) < 4.78 is 24.6. The van der Waals surface area contributed by atoms with Crippen molar-refractivity contribution in [2.24, 2.45) is 0 Å². The Balaban J connectivity index is 1.46. The number of ether oxygens (including phenoxy) is 1. The van der Waals surface area contributed by atoms with Crippen LogP contribution >= 0.6 is 0 Å². The van der Waals surface area contributed by atoms with E-state index in [2.05, 4.69) is 4.98 Å². The van der Waals surface area contributed by atoms with Crippen LogP contribution in [-0.2, 0) is 9.53 Å². The topological polar surface area (TPSA) is 75.9 Å². The number of piperidine rings is 1. The minimum Gasteiger partial charge on any atom is -0.448 e. The van der Waals surface area contributed by atoms with Gasteiger partial charge in [-0.3, -0.25) is 9.59 Å². The van der Waals surface area contributed by atoms with Crippen molar-refractivity contribution in [2.75, 3.05) is 31.1 Å². The molecule has 0 N–H and O–H groups in total. The molecule has 2 fully saturated rings. The summed E-state index contributed by atoms with van der Waals surface area (Å²) >= 11 is 0. The van der Waals surface area contributed by atoms with Crippen molar-refractivity contribution in [3.05, 3.63) is 47.9 Å². The summed E-state index contributed by atoms with van der Waals surface area (Å²) in [4.78, 5) is 32.2. The van der Waals surface area contributed by atoms with Gasteiger partial charge in [0, 0.05) is 25.7 Å². The largest absolute Gasteiger partial charge is 0.448 e. The van der Waals surface area contributed by atoms with E-state index in [0.717, 1.165) is 0 Å². The molecule has 0 radical (unpaired) electrons. The number of likely N-dealkylation sites (tertiary alicyclic amines) is 1. The number of morpholine rings is 1. The third kappa shape index (κ3) is 3.44. The average Bonchev–Trinajstić information content (AvgIpc) is 3.10. The summed E-state index contributed by atoms with van der Waals surface area (Å²) in [5, 5.41) is 0. The van der Waals surface area contributed by atoms with Gasteiger partial charge in [0.2, 0.25) is 0 Å². The van der Waals surface area contributed by atoms with Crippen molar-refractivity contribution in [3.63, 3.8) is 0 Å². The molecule has 2 aromatic rings. The van der Waals surface area contributed by atoms with Crippen molar-refractivity contribution in [2.45, 2.75) is 25.4 Å². The number of hydrogen-bond donors (Lipinski definition) is 0. The number of amides is 2. The summed E-state index contributed by atoms with van der Waals surface area (Å²) in [5.41, 5.74) is 0.292. The van der Waals surface area contributed by atoms with E-state index in [0.29, 0.717) is 49.7 Å². The van der Waals surface area contributed by atoms with Crippen LogP contribution < -0.4 is 4.90 Å². The van der Waals surface area contributed by atoms with Gasteiger partial charge in [-0.2, -0.15) is 0 Å². The molecular formula is C19H20FN3O4. The molecule has 2 amide bonds. The number of benzene rings is 1. The maximum Gasteiger partial charge on any atom is 0.275 e. The minimum absolute atomic E-state index is 0.0487. The van der Waals surface area contributed by atoms with Crippen LogP contribution in [0, 0.1) is 12.7 Å². The lowest BCUT2D eigenvalue weighted by atomic mass is 9.89. The van der Waals surface area contributed by atoms with Gasteiger partial charge in [-0.15, -0.1) is 0 Å². The second kappa shape index (κ2) is 6.77. The lowest BCUT2D eigenvalue weighted by Crippen LogP contribution is -2.59. The number of carbonyl (C=O) groups excluding carboxylic acids is 2. The van der Waals surface area contributed by atoms with Gasteiger partial charge in [0.1, 0.15) is 18.7 Å². The van der Waals surface area contributed by atoms with Crippen molar-refractivity contribution < 1.29 is 23.1 Å². The molecule has 7 nitrogen and oxygen atoms in total. The Labute approximate surface area is 155 Å². The van der Waals surface area contributed by atoms with E-state index in [-0.39, 0.29) is 24.2 Å². The lowest BCUT2D eigenvalue weighted by molar-refractivity contribution is -0.143. The Morgan fingerprint density at radius 1 is 1.30 bits per heavy atom. The second-order valence-electron chi connectivity index (χ2n) is 6.98. The van der Waals surface area contributed by atoms with Gasteiger partial charge in [-0.05, 0) is 31.0 Å². The first-order valence-corrected chi connectivity index (χ1v) is 8.87. The smallest absolute Gasteiger partial charge is 0.275 e. The van der Waals surface area contributed by atoms with Gasteiger partial charge in [-0.25, -0.2) is 9.37 Å². The molecule has 142 valence electrons. The van der Waals surface area contributed by atoms with E-state index in [1.54, 1.807) is 28.9 Å². The third-order valence-corrected chi connectivity index (χ3v) is 5.17. The quantitative estimate of drug-likeness (QED) is 0.806. The standard InChI is InChI=1S/C19H20FN3O4/c1-13-21-16(10-26-13)18(25)22-7-5-19(6-8-22)12-23(17(24)11-27-19)15-4-2-3-14(20)9-15/h2-4,9-10H,5-8,11-12H2,1H3. The lowest BCUT2D eigenvalue weighted by Gasteiger charge is -2.46. The van der Waals surface area contributed by atoms with Crippen LogP contribution in [0.3, 0.4) is 0 Å². The summed E-state index contributed by atoms with van der Waals surface area (Å²) in [6.45, 7) is 2.98. The highest BCUT2D eigenvalue weighted by Crippen LogP contribution is 2.33. The number of aryl methyl sites for hydroxylation is 1. The Morgan fingerprint density at radius 3 is 2.74 bits per heavy atom. The monoisotopic (exact) mass is 373 g/mol. The van der Waals surface area contributed by atoms with Gasteiger partial charge in [0.25, 0.3) is 11.8 Å². The van der Waals surface area contributed by atoms with Crippen LogP contribution in [-0.4, -0.2) is 53.5 Å². The van der Waals surface area contributed by atoms with Gasteiger partial charge >= 0.3 is 0 Å². The highest BCUT2D eigenvalue weighted by atomic mass is 19.1. The van der Waals surface area contributed by atoms with Crippen LogP contribution in [0.2, 0.25) is 0 Å². The maximum atomic E-state index is 13.6. The fraction of sp³-hybridized carbons (Fsp3) is 0.421. The van der Waals surface area contributed by atoms with Gasteiger partial charge in [0.05, 0.1) is 12.1 Å². The molecule has 0 bridgehead atoms. The van der Waals surface area contributed by atoms with Gasteiger partial charge in [0.15, 0.2) is 11.6 Å². The first kappa shape index (κ1) is 17.7. The zero-order valence-electron chi connectivity index (χ0n) is 15.0. The van der Waals surface area contributed by atoms with Gasteiger partial charge in [-0.1, -0.05) is 6.07 Å². The molecular weight excluding hydrogens is 353 g/mol. The van der Waals surface area contributed by atoms with E-state index in [9.17, 15) is 14.0 Å². The summed E-state index contributed by atoms with van der Waals surface area (Å²) in [6.07, 6.45) is 2.55. The van der Waals surface area contributed by atoms with Crippen LogP contribution in [0.4, 0.5) is 10.1 Å². The van der Waals surface area contributed by atoms with Crippen LogP contribution in [0.5, 0.6) is 0 Å². The van der Waals surface area contributed by atoms with Crippen molar-refractivity contribution in [1.82, 2.24) is 9.88 Å². The molecule has 1 aromatic carbocycles. The summed E-state index contributed by atoms with van der Waals surface area (Å²) in [6, 6.07) is 6.00.